The van der Waals surface area contributed by atoms with Crippen LogP contribution in [0.3, 0.4) is 0 Å². The minimum Gasteiger partial charge on any atom is -0.493 e. The lowest BCUT2D eigenvalue weighted by molar-refractivity contribution is 0.284. The van der Waals surface area contributed by atoms with Gasteiger partial charge >= 0.3 is 0 Å². The van der Waals surface area contributed by atoms with E-state index in [0.717, 1.165) is 15.6 Å². The maximum Gasteiger partial charge on any atom is 0.205 e. The van der Waals surface area contributed by atoms with E-state index >= 15 is 0 Å². The third kappa shape index (κ3) is 4.74. The molecule has 3 rings (SSSR count). The third-order valence-electron chi connectivity index (χ3n) is 3.41. The van der Waals surface area contributed by atoms with Crippen molar-refractivity contribution in [2.24, 2.45) is 5.10 Å². The molecule has 0 amide bonds. The van der Waals surface area contributed by atoms with Gasteiger partial charge in [0.2, 0.25) is 5.13 Å². The maximum absolute atomic E-state index is 6.00. The average Bonchev–Trinajstić information content (AvgIpc) is 3.07. The third-order valence-corrected chi connectivity index (χ3v) is 4.71. The average molecular weight is 433 g/mol. The molecule has 26 heavy (non-hydrogen) atoms. The van der Waals surface area contributed by atoms with E-state index < -0.39 is 0 Å². The van der Waals surface area contributed by atoms with Gasteiger partial charge in [-0.15, -0.1) is 11.3 Å². The molecular formula is C18H17BrN4O2S. The molecule has 2 aromatic carbocycles. The largest absolute Gasteiger partial charge is 0.493 e. The Kier molecular flexibility index (Phi) is 6.08. The zero-order valence-electron chi connectivity index (χ0n) is 14.0. The molecule has 3 N–H and O–H groups in total. The highest BCUT2D eigenvalue weighted by atomic mass is 79.9. The Bertz CT molecular complexity index is 896. The summed E-state index contributed by atoms with van der Waals surface area (Å²) in [5, 5.41) is 6.57. The topological polar surface area (TPSA) is 81.8 Å². The number of thiazole rings is 1. The number of nitrogens with two attached hydrogens (primary N) is 1. The number of methoxy groups -OCH3 is 1. The SMILES string of the molecule is COc1cccc(C=NNc2nc(N)cs2)c1OCc1ccc(Br)cc1. The van der Waals surface area contributed by atoms with Crippen LogP contribution in [0.2, 0.25) is 0 Å². The number of rotatable bonds is 7. The molecule has 1 aromatic heterocycles. The zero-order valence-corrected chi connectivity index (χ0v) is 16.4. The number of nitrogens with one attached hydrogen (secondary N) is 1. The lowest BCUT2D eigenvalue weighted by Gasteiger charge is -2.13. The van der Waals surface area contributed by atoms with Crippen LogP contribution in [0.5, 0.6) is 11.5 Å². The molecule has 3 aromatic rings. The zero-order chi connectivity index (χ0) is 18.4. The van der Waals surface area contributed by atoms with E-state index in [1.165, 1.54) is 11.3 Å². The molecule has 0 aliphatic heterocycles. The van der Waals surface area contributed by atoms with Gasteiger partial charge in [0, 0.05) is 15.4 Å². The van der Waals surface area contributed by atoms with Crippen molar-refractivity contribution in [3.8, 4) is 11.5 Å². The summed E-state index contributed by atoms with van der Waals surface area (Å²) in [4.78, 5) is 4.09. The van der Waals surface area contributed by atoms with Crippen LogP contribution in [0.15, 0.2) is 57.4 Å². The molecule has 0 atom stereocenters. The van der Waals surface area contributed by atoms with Crippen LogP contribution in [0.25, 0.3) is 0 Å². The summed E-state index contributed by atoms with van der Waals surface area (Å²) < 4.78 is 12.4. The number of aromatic nitrogens is 1. The summed E-state index contributed by atoms with van der Waals surface area (Å²) in [5.41, 5.74) is 10.3. The van der Waals surface area contributed by atoms with E-state index in [2.05, 4.69) is 31.4 Å². The second kappa shape index (κ2) is 8.68. The van der Waals surface area contributed by atoms with Crippen molar-refractivity contribution in [3.05, 3.63) is 63.4 Å². The van der Waals surface area contributed by atoms with Crippen molar-refractivity contribution in [2.75, 3.05) is 18.3 Å². The number of benzene rings is 2. The first-order valence-corrected chi connectivity index (χ1v) is 9.37. The van der Waals surface area contributed by atoms with Gasteiger partial charge in [-0.1, -0.05) is 34.1 Å². The summed E-state index contributed by atoms with van der Waals surface area (Å²) >= 11 is 4.81. The quantitative estimate of drug-likeness (QED) is 0.423. The highest BCUT2D eigenvalue weighted by molar-refractivity contribution is 9.10. The first-order valence-electron chi connectivity index (χ1n) is 7.70. The fraction of sp³-hybridized carbons (Fsp3) is 0.111. The number of para-hydroxylation sites is 1. The van der Waals surface area contributed by atoms with Crippen molar-refractivity contribution in [3.63, 3.8) is 0 Å². The summed E-state index contributed by atoms with van der Waals surface area (Å²) in [7, 11) is 1.61. The Morgan fingerprint density at radius 2 is 2.08 bits per heavy atom. The van der Waals surface area contributed by atoms with Crippen molar-refractivity contribution < 1.29 is 9.47 Å². The van der Waals surface area contributed by atoms with Crippen LogP contribution in [0, 0.1) is 0 Å². The first kappa shape index (κ1) is 18.2. The molecule has 1 heterocycles. The van der Waals surface area contributed by atoms with Gasteiger partial charge in [-0.2, -0.15) is 5.10 Å². The van der Waals surface area contributed by atoms with Crippen molar-refractivity contribution in [1.29, 1.82) is 0 Å². The smallest absolute Gasteiger partial charge is 0.205 e. The molecule has 0 spiro atoms. The number of ether oxygens (including phenoxy) is 2. The van der Waals surface area contributed by atoms with Crippen LogP contribution in [0.1, 0.15) is 11.1 Å². The van der Waals surface area contributed by atoms with E-state index in [1.54, 1.807) is 18.7 Å². The van der Waals surface area contributed by atoms with Crippen LogP contribution >= 0.6 is 27.3 Å². The van der Waals surface area contributed by atoms with Gasteiger partial charge in [-0.3, -0.25) is 5.43 Å². The molecule has 0 bridgehead atoms. The van der Waals surface area contributed by atoms with Crippen LogP contribution in [-0.2, 0) is 6.61 Å². The minimum atomic E-state index is 0.422. The van der Waals surface area contributed by atoms with E-state index in [-0.39, 0.29) is 0 Å². The summed E-state index contributed by atoms with van der Waals surface area (Å²) in [6.45, 7) is 0.422. The van der Waals surface area contributed by atoms with Crippen molar-refractivity contribution in [2.45, 2.75) is 6.61 Å². The first-order chi connectivity index (χ1) is 12.7. The minimum absolute atomic E-state index is 0.422. The number of nitrogen functional groups attached to an aromatic ring is 1. The lowest BCUT2D eigenvalue weighted by atomic mass is 10.2. The van der Waals surface area contributed by atoms with Gasteiger partial charge in [0.15, 0.2) is 11.5 Å². The maximum atomic E-state index is 6.00. The molecule has 8 heteroatoms. The molecule has 0 aliphatic rings. The number of nitrogens with zero attached hydrogens (tertiary/aromatic N) is 2. The summed E-state index contributed by atoms with van der Waals surface area (Å²) in [6, 6.07) is 13.6. The van der Waals surface area contributed by atoms with Gasteiger partial charge in [0.1, 0.15) is 12.4 Å². The van der Waals surface area contributed by atoms with Crippen molar-refractivity contribution in [1.82, 2.24) is 4.98 Å². The number of anilines is 2. The fourth-order valence-electron chi connectivity index (χ4n) is 2.18. The summed E-state index contributed by atoms with van der Waals surface area (Å²) in [5.74, 6) is 1.74. The Morgan fingerprint density at radius 1 is 1.27 bits per heavy atom. The standard InChI is InChI=1S/C18H17BrN4O2S/c1-24-15-4-2-3-13(9-21-23-18-22-16(20)11-26-18)17(15)25-10-12-5-7-14(19)8-6-12/h2-9,11H,10,20H2,1H3,(H,22,23). The second-order valence-electron chi connectivity index (χ2n) is 5.24. The molecule has 6 nitrogen and oxygen atoms in total. The Labute approximate surface area is 163 Å². The van der Waals surface area contributed by atoms with Crippen LogP contribution in [0.4, 0.5) is 10.9 Å². The molecule has 0 unspecified atom stereocenters. The van der Waals surface area contributed by atoms with Gasteiger partial charge in [0.25, 0.3) is 0 Å². The van der Waals surface area contributed by atoms with Gasteiger partial charge in [-0.25, -0.2) is 4.98 Å². The second-order valence-corrected chi connectivity index (χ2v) is 7.02. The predicted octanol–water partition coefficient (Wildman–Crippen LogP) is 4.52. The van der Waals surface area contributed by atoms with Crippen molar-refractivity contribution >= 4 is 44.4 Å². The molecule has 0 saturated heterocycles. The van der Waals surface area contributed by atoms with Crippen LogP contribution in [-0.4, -0.2) is 18.3 Å². The predicted molar refractivity (Wildman–Crippen MR) is 109 cm³/mol. The number of hydrazone groups is 1. The van der Waals surface area contributed by atoms with E-state index in [9.17, 15) is 0 Å². The molecular weight excluding hydrogens is 416 g/mol. The Morgan fingerprint density at radius 3 is 2.77 bits per heavy atom. The van der Waals surface area contributed by atoms with Gasteiger partial charge in [-0.05, 0) is 29.8 Å². The molecule has 0 aliphatic carbocycles. The Balaban J connectivity index is 1.75. The van der Waals surface area contributed by atoms with E-state index in [1.807, 2.05) is 42.5 Å². The van der Waals surface area contributed by atoms with Gasteiger partial charge < -0.3 is 15.2 Å². The number of hydrogen-bond donors (Lipinski definition) is 2. The van der Waals surface area contributed by atoms with Gasteiger partial charge in [0.05, 0.1) is 13.3 Å². The number of halogens is 1. The highest BCUT2D eigenvalue weighted by Gasteiger charge is 2.10. The highest BCUT2D eigenvalue weighted by Crippen LogP contribution is 2.31. The Hall–Kier alpha value is -2.58. The van der Waals surface area contributed by atoms with Crippen LogP contribution < -0.4 is 20.6 Å². The van der Waals surface area contributed by atoms with E-state index in [0.29, 0.717) is 29.1 Å². The monoisotopic (exact) mass is 432 g/mol. The van der Waals surface area contributed by atoms with E-state index in [4.69, 9.17) is 15.2 Å². The molecule has 134 valence electrons. The number of hydrogen-bond acceptors (Lipinski definition) is 7. The fourth-order valence-corrected chi connectivity index (χ4v) is 2.99. The lowest BCUT2D eigenvalue weighted by Crippen LogP contribution is -2.01. The summed E-state index contributed by atoms with van der Waals surface area (Å²) in [6.07, 6.45) is 1.66. The molecule has 0 fully saturated rings. The normalized spacial score (nSPS) is 10.8. The molecule has 0 radical (unpaired) electrons. The molecule has 0 saturated carbocycles.